The molecule has 0 bridgehead atoms. The first-order valence-corrected chi connectivity index (χ1v) is 8.22. The van der Waals surface area contributed by atoms with Crippen molar-refractivity contribution in [2.75, 3.05) is 0 Å². The van der Waals surface area contributed by atoms with Gasteiger partial charge >= 0.3 is 12.0 Å². The van der Waals surface area contributed by atoms with Gasteiger partial charge in [-0.2, -0.15) is 10.1 Å². The molecule has 13 heteroatoms. The zero-order chi connectivity index (χ0) is 21.0. The highest BCUT2D eigenvalue weighted by Gasteiger charge is 2.29. The van der Waals surface area contributed by atoms with E-state index in [1.54, 1.807) is 19.9 Å². The van der Waals surface area contributed by atoms with E-state index in [0.29, 0.717) is 0 Å². The molecule has 0 aromatic carbocycles. The van der Waals surface area contributed by atoms with E-state index >= 15 is 0 Å². The van der Waals surface area contributed by atoms with Gasteiger partial charge in [0.2, 0.25) is 5.91 Å². The number of hydrogen-bond acceptors (Lipinski definition) is 8. The fourth-order valence-electron chi connectivity index (χ4n) is 2.42. The minimum absolute atomic E-state index is 0.0877. The van der Waals surface area contributed by atoms with Crippen LogP contribution in [0.25, 0.3) is 5.95 Å². The lowest BCUT2D eigenvalue weighted by molar-refractivity contribution is -0.141. The van der Waals surface area contributed by atoms with Gasteiger partial charge in [-0.25, -0.2) is 14.3 Å². The lowest BCUT2D eigenvalue weighted by atomic mass is 10.2. The Morgan fingerprint density at radius 1 is 1.32 bits per heavy atom. The molecule has 0 aliphatic rings. The minimum Gasteiger partial charge on any atom is -0.480 e. The summed E-state index contributed by atoms with van der Waals surface area (Å²) in [6.07, 6.45) is -1.72. The maximum Gasteiger partial charge on any atom is 0.328 e. The number of aliphatic hydroxyl groups is 1. The lowest BCUT2D eigenvalue weighted by Gasteiger charge is -2.19. The number of hydrogen-bond donors (Lipinski definition) is 5. The van der Waals surface area contributed by atoms with Crippen molar-refractivity contribution in [1.29, 1.82) is 0 Å². The summed E-state index contributed by atoms with van der Waals surface area (Å²) in [5.74, 6) is -2.23. The van der Waals surface area contributed by atoms with E-state index in [1.165, 1.54) is 11.6 Å². The number of nitrogens with one attached hydrogen (secondary N) is 2. The van der Waals surface area contributed by atoms with Gasteiger partial charge in [0.25, 0.3) is 11.8 Å². The lowest BCUT2D eigenvalue weighted by Crippen LogP contribution is -2.52. The number of aryl methyl sites for hydroxylation is 2. The molecule has 0 radical (unpaired) electrons. The standard InChI is InChI=1S/C15H21N7O6/c1-6-4-7(2)22(20-6)14-19-12(28-21-14)9(5-10(16)24)17-15(27)18-11(8(3)23)13(25)26/h4,8-9,11,23H,5H2,1-3H3,(H2,16,24)(H,25,26)(H2,17,18,27)/t8?,9-,11-/m0/s1. The van der Waals surface area contributed by atoms with Crippen LogP contribution in [0.2, 0.25) is 0 Å². The first kappa shape index (κ1) is 20.8. The van der Waals surface area contributed by atoms with Gasteiger partial charge in [-0.3, -0.25) is 4.79 Å². The Morgan fingerprint density at radius 2 is 2.00 bits per heavy atom. The van der Waals surface area contributed by atoms with Crippen molar-refractivity contribution in [3.8, 4) is 5.95 Å². The summed E-state index contributed by atoms with van der Waals surface area (Å²) in [6.45, 7) is 4.77. The number of aliphatic hydroxyl groups excluding tert-OH is 1. The average Bonchev–Trinajstić information content (AvgIpc) is 3.17. The van der Waals surface area contributed by atoms with Crippen molar-refractivity contribution >= 4 is 17.9 Å². The van der Waals surface area contributed by atoms with Crippen LogP contribution < -0.4 is 16.4 Å². The molecule has 2 aromatic heterocycles. The molecule has 2 heterocycles. The summed E-state index contributed by atoms with van der Waals surface area (Å²) >= 11 is 0. The summed E-state index contributed by atoms with van der Waals surface area (Å²) in [5.41, 5.74) is 6.67. The molecule has 3 amide bonds. The largest absolute Gasteiger partial charge is 0.480 e. The Balaban J connectivity index is 2.20. The van der Waals surface area contributed by atoms with Crippen molar-refractivity contribution in [2.45, 2.75) is 45.4 Å². The molecule has 6 N–H and O–H groups in total. The van der Waals surface area contributed by atoms with Gasteiger partial charge in [0, 0.05) is 5.69 Å². The van der Waals surface area contributed by atoms with Gasteiger partial charge in [-0.15, -0.1) is 0 Å². The topological polar surface area (TPSA) is 198 Å². The maximum atomic E-state index is 12.1. The van der Waals surface area contributed by atoms with Crippen LogP contribution in [0.1, 0.15) is 36.7 Å². The molecule has 13 nitrogen and oxygen atoms in total. The molecule has 0 aliphatic heterocycles. The van der Waals surface area contributed by atoms with Crippen LogP contribution in [0.5, 0.6) is 0 Å². The number of nitrogens with two attached hydrogens (primary N) is 1. The SMILES string of the molecule is Cc1cc(C)n(-c2noc([C@H](CC(N)=O)NC(=O)N[C@H](C(=O)O)C(C)O)n2)n1. The smallest absolute Gasteiger partial charge is 0.328 e. The molecule has 0 aliphatic carbocycles. The Hall–Kier alpha value is -3.48. The van der Waals surface area contributed by atoms with Crippen LogP contribution in [0, 0.1) is 13.8 Å². The number of primary amides is 1. The first-order chi connectivity index (χ1) is 13.1. The summed E-state index contributed by atoms with van der Waals surface area (Å²) in [7, 11) is 0. The number of aromatic nitrogens is 4. The zero-order valence-corrected chi connectivity index (χ0v) is 15.4. The number of nitrogens with zero attached hydrogens (tertiary/aromatic N) is 4. The van der Waals surface area contributed by atoms with Crippen molar-refractivity contribution in [1.82, 2.24) is 30.6 Å². The summed E-state index contributed by atoms with van der Waals surface area (Å²) in [4.78, 5) is 38.6. The first-order valence-electron chi connectivity index (χ1n) is 8.22. The Bertz CT molecular complexity index is 874. The highest BCUT2D eigenvalue weighted by atomic mass is 16.5. The number of carbonyl (C=O) groups is 3. The number of urea groups is 1. The van der Waals surface area contributed by atoms with Crippen LogP contribution in [-0.4, -0.2) is 60.2 Å². The third kappa shape index (κ3) is 5.03. The van der Waals surface area contributed by atoms with Crippen molar-refractivity contribution in [3.63, 3.8) is 0 Å². The maximum absolute atomic E-state index is 12.1. The summed E-state index contributed by atoms with van der Waals surface area (Å²) < 4.78 is 6.52. The van der Waals surface area contributed by atoms with E-state index in [4.69, 9.17) is 15.4 Å². The van der Waals surface area contributed by atoms with Gasteiger partial charge in [-0.1, -0.05) is 0 Å². The quantitative estimate of drug-likeness (QED) is 0.369. The van der Waals surface area contributed by atoms with Crippen molar-refractivity contribution in [2.24, 2.45) is 5.73 Å². The van der Waals surface area contributed by atoms with Crippen LogP contribution in [0.15, 0.2) is 10.6 Å². The van der Waals surface area contributed by atoms with Crippen LogP contribution >= 0.6 is 0 Å². The van der Waals surface area contributed by atoms with E-state index in [2.05, 4.69) is 25.9 Å². The van der Waals surface area contributed by atoms with Crippen LogP contribution in [-0.2, 0) is 9.59 Å². The molecule has 1 unspecified atom stereocenters. The summed E-state index contributed by atoms with van der Waals surface area (Å²) in [5, 5.41) is 30.8. The normalized spacial score (nSPS) is 14.1. The molecule has 0 saturated carbocycles. The second kappa shape index (κ2) is 8.47. The monoisotopic (exact) mass is 395 g/mol. The molecule has 2 aromatic rings. The molecule has 0 spiro atoms. The fourth-order valence-corrected chi connectivity index (χ4v) is 2.42. The Kier molecular flexibility index (Phi) is 6.30. The van der Waals surface area contributed by atoms with Gasteiger partial charge in [0.05, 0.1) is 18.2 Å². The van der Waals surface area contributed by atoms with E-state index < -0.39 is 36.1 Å². The molecular formula is C15H21N7O6. The number of rotatable bonds is 8. The highest BCUT2D eigenvalue weighted by Crippen LogP contribution is 2.17. The molecular weight excluding hydrogens is 374 g/mol. The van der Waals surface area contributed by atoms with Crippen LogP contribution in [0.3, 0.4) is 0 Å². The second-order valence-electron chi connectivity index (χ2n) is 6.17. The molecule has 152 valence electrons. The van der Waals surface area contributed by atoms with E-state index in [-0.39, 0.29) is 18.3 Å². The molecule has 2 rings (SSSR count). The molecule has 0 saturated heterocycles. The predicted molar refractivity (Wildman–Crippen MR) is 92.2 cm³/mol. The van der Waals surface area contributed by atoms with Crippen molar-refractivity contribution in [3.05, 3.63) is 23.3 Å². The Morgan fingerprint density at radius 3 is 2.50 bits per heavy atom. The number of carboxylic acids is 1. The molecule has 28 heavy (non-hydrogen) atoms. The average molecular weight is 395 g/mol. The molecule has 0 fully saturated rings. The van der Waals surface area contributed by atoms with Gasteiger partial charge < -0.3 is 31.1 Å². The van der Waals surface area contributed by atoms with Gasteiger partial charge in [-0.05, 0) is 32.0 Å². The Labute approximate surface area is 158 Å². The highest BCUT2D eigenvalue weighted by molar-refractivity contribution is 5.83. The number of aliphatic carboxylic acids is 1. The number of carbonyl (C=O) groups excluding carboxylic acids is 2. The van der Waals surface area contributed by atoms with E-state index in [1.807, 2.05) is 0 Å². The van der Waals surface area contributed by atoms with Crippen LogP contribution in [0.4, 0.5) is 4.79 Å². The third-order valence-electron chi connectivity index (χ3n) is 3.67. The van der Waals surface area contributed by atoms with Crippen molar-refractivity contribution < 1.29 is 29.1 Å². The second-order valence-corrected chi connectivity index (χ2v) is 6.17. The van der Waals surface area contributed by atoms with Gasteiger partial charge in [0.15, 0.2) is 6.04 Å². The number of amides is 3. The van der Waals surface area contributed by atoms with E-state index in [9.17, 15) is 19.5 Å². The predicted octanol–water partition coefficient (Wildman–Crippen LogP) is -1.08. The fraction of sp³-hybridized carbons (Fsp3) is 0.467. The van der Waals surface area contributed by atoms with E-state index in [0.717, 1.165) is 11.4 Å². The molecule has 3 atom stereocenters. The number of carboxylic acid groups (broad SMARTS) is 1. The summed E-state index contributed by atoms with van der Waals surface area (Å²) in [6, 6.07) is -1.84. The zero-order valence-electron chi connectivity index (χ0n) is 15.4. The minimum atomic E-state index is -1.55. The van der Waals surface area contributed by atoms with Gasteiger partial charge in [0.1, 0.15) is 6.04 Å². The third-order valence-corrected chi connectivity index (χ3v) is 3.67.